The molecule has 5 heteroatoms. The first kappa shape index (κ1) is 17.5. The number of hydrogen-bond donors (Lipinski definition) is 1. The summed E-state index contributed by atoms with van der Waals surface area (Å²) >= 11 is 6.12. The van der Waals surface area contributed by atoms with E-state index in [9.17, 15) is 9.59 Å². The summed E-state index contributed by atoms with van der Waals surface area (Å²) in [5.41, 5.74) is 0.333. The standard InChI is InChI=1S/C16H22ClNO3/c1-9(2)15(11(5)19)18-16(20)13-7-6-12(8-14(13)17)21-10(3)4/h6-10,15H,1-5H3,(H,18,20)/t15-/m0/s1. The molecule has 1 atom stereocenters. The molecule has 0 bridgehead atoms. The van der Waals surface area contributed by atoms with E-state index in [1.165, 1.54) is 6.92 Å². The Bertz CT molecular complexity index is 526. The number of benzene rings is 1. The second-order valence-electron chi connectivity index (χ2n) is 5.61. The predicted molar refractivity (Wildman–Crippen MR) is 84.0 cm³/mol. The molecule has 0 aliphatic heterocycles. The highest BCUT2D eigenvalue weighted by Gasteiger charge is 2.22. The number of carbonyl (C=O) groups excluding carboxylic acids is 2. The molecule has 0 saturated heterocycles. The number of amides is 1. The maximum Gasteiger partial charge on any atom is 0.253 e. The van der Waals surface area contributed by atoms with Crippen molar-refractivity contribution in [1.29, 1.82) is 0 Å². The van der Waals surface area contributed by atoms with Crippen molar-refractivity contribution in [1.82, 2.24) is 5.32 Å². The minimum Gasteiger partial charge on any atom is -0.491 e. The second kappa shape index (κ2) is 7.46. The molecule has 1 rings (SSSR count). The molecule has 4 nitrogen and oxygen atoms in total. The zero-order chi connectivity index (χ0) is 16.2. The van der Waals surface area contributed by atoms with Crippen molar-refractivity contribution in [2.75, 3.05) is 0 Å². The van der Waals surface area contributed by atoms with E-state index in [1.54, 1.807) is 18.2 Å². The van der Waals surface area contributed by atoms with E-state index in [1.807, 2.05) is 27.7 Å². The van der Waals surface area contributed by atoms with Crippen LogP contribution in [-0.2, 0) is 4.79 Å². The number of hydrogen-bond acceptors (Lipinski definition) is 3. The van der Waals surface area contributed by atoms with Crippen LogP contribution >= 0.6 is 11.6 Å². The number of rotatable bonds is 6. The third kappa shape index (κ3) is 5.05. The summed E-state index contributed by atoms with van der Waals surface area (Å²) in [6.07, 6.45) is 0.0313. The molecule has 1 aromatic carbocycles. The fourth-order valence-electron chi connectivity index (χ4n) is 1.98. The molecular weight excluding hydrogens is 290 g/mol. The van der Waals surface area contributed by atoms with Crippen LogP contribution in [0.25, 0.3) is 0 Å². The van der Waals surface area contributed by atoms with E-state index in [0.717, 1.165) is 0 Å². The van der Waals surface area contributed by atoms with Gasteiger partial charge in [0.1, 0.15) is 5.75 Å². The Morgan fingerprint density at radius 3 is 2.24 bits per heavy atom. The van der Waals surface area contributed by atoms with Crippen LogP contribution in [0.1, 0.15) is 45.0 Å². The maximum absolute atomic E-state index is 12.2. The van der Waals surface area contributed by atoms with Gasteiger partial charge in [-0.1, -0.05) is 25.4 Å². The summed E-state index contributed by atoms with van der Waals surface area (Å²) in [5.74, 6) is 0.200. The Hall–Kier alpha value is -1.55. The zero-order valence-corrected chi connectivity index (χ0v) is 13.8. The van der Waals surface area contributed by atoms with E-state index in [-0.39, 0.29) is 23.7 Å². The molecule has 0 aliphatic rings. The summed E-state index contributed by atoms with van der Waals surface area (Å²) in [6.45, 7) is 9.05. The highest BCUT2D eigenvalue weighted by Crippen LogP contribution is 2.23. The lowest BCUT2D eigenvalue weighted by Crippen LogP contribution is -2.43. The number of ether oxygens (including phenoxy) is 1. The number of ketones is 1. The average Bonchev–Trinajstić information content (AvgIpc) is 2.34. The molecule has 1 aromatic rings. The third-order valence-corrected chi connectivity index (χ3v) is 3.26. The van der Waals surface area contributed by atoms with Gasteiger partial charge in [0, 0.05) is 0 Å². The van der Waals surface area contributed by atoms with Gasteiger partial charge in [0.05, 0.1) is 22.7 Å². The molecule has 0 radical (unpaired) electrons. The van der Waals surface area contributed by atoms with Crippen molar-refractivity contribution in [3.05, 3.63) is 28.8 Å². The van der Waals surface area contributed by atoms with Crippen LogP contribution in [0.2, 0.25) is 5.02 Å². The molecule has 116 valence electrons. The van der Waals surface area contributed by atoms with Gasteiger partial charge >= 0.3 is 0 Å². The molecule has 0 spiro atoms. The van der Waals surface area contributed by atoms with Crippen molar-refractivity contribution >= 4 is 23.3 Å². The first-order valence-electron chi connectivity index (χ1n) is 7.00. The van der Waals surface area contributed by atoms with E-state index < -0.39 is 6.04 Å². The van der Waals surface area contributed by atoms with Crippen LogP contribution < -0.4 is 10.1 Å². The van der Waals surface area contributed by atoms with Gasteiger partial charge in [-0.2, -0.15) is 0 Å². The Morgan fingerprint density at radius 1 is 1.19 bits per heavy atom. The number of nitrogens with one attached hydrogen (secondary N) is 1. The SMILES string of the molecule is CC(=O)[C@@H](NC(=O)c1ccc(OC(C)C)cc1Cl)C(C)C. The van der Waals surface area contributed by atoms with E-state index in [0.29, 0.717) is 16.3 Å². The molecule has 0 saturated carbocycles. The van der Waals surface area contributed by atoms with Crippen LogP contribution in [-0.4, -0.2) is 23.8 Å². The average molecular weight is 312 g/mol. The smallest absolute Gasteiger partial charge is 0.253 e. The maximum atomic E-state index is 12.2. The van der Waals surface area contributed by atoms with Gasteiger partial charge in [0.15, 0.2) is 5.78 Å². The Balaban J connectivity index is 2.90. The largest absolute Gasteiger partial charge is 0.491 e. The predicted octanol–water partition coefficient (Wildman–Crippen LogP) is 3.47. The Labute approximate surface area is 130 Å². The fourth-order valence-corrected chi connectivity index (χ4v) is 2.24. The van der Waals surface area contributed by atoms with Crippen molar-refractivity contribution in [3.63, 3.8) is 0 Å². The van der Waals surface area contributed by atoms with E-state index in [4.69, 9.17) is 16.3 Å². The van der Waals surface area contributed by atoms with Crippen LogP contribution in [0, 0.1) is 5.92 Å². The van der Waals surface area contributed by atoms with E-state index in [2.05, 4.69) is 5.32 Å². The summed E-state index contributed by atoms with van der Waals surface area (Å²) in [7, 11) is 0. The number of carbonyl (C=O) groups is 2. The lowest BCUT2D eigenvalue weighted by molar-refractivity contribution is -0.119. The highest BCUT2D eigenvalue weighted by molar-refractivity contribution is 6.34. The van der Waals surface area contributed by atoms with Gasteiger partial charge in [0.2, 0.25) is 0 Å². The van der Waals surface area contributed by atoms with Crippen molar-refractivity contribution in [3.8, 4) is 5.75 Å². The van der Waals surface area contributed by atoms with Gasteiger partial charge in [0.25, 0.3) is 5.91 Å². The Kier molecular flexibility index (Phi) is 6.21. The molecule has 1 amide bonds. The molecule has 0 heterocycles. The quantitative estimate of drug-likeness (QED) is 0.875. The van der Waals surface area contributed by atoms with Crippen LogP contribution in [0.15, 0.2) is 18.2 Å². The molecule has 0 aromatic heterocycles. The molecule has 0 aliphatic carbocycles. The van der Waals surface area contributed by atoms with Crippen molar-refractivity contribution in [2.24, 2.45) is 5.92 Å². The molecule has 1 N–H and O–H groups in total. The van der Waals surface area contributed by atoms with Crippen molar-refractivity contribution in [2.45, 2.75) is 46.8 Å². The van der Waals surface area contributed by atoms with Gasteiger partial charge in [-0.3, -0.25) is 9.59 Å². The second-order valence-corrected chi connectivity index (χ2v) is 6.02. The van der Waals surface area contributed by atoms with Gasteiger partial charge in [-0.25, -0.2) is 0 Å². The topological polar surface area (TPSA) is 55.4 Å². The third-order valence-electron chi connectivity index (χ3n) is 2.95. The summed E-state index contributed by atoms with van der Waals surface area (Å²) in [4.78, 5) is 23.8. The van der Waals surface area contributed by atoms with Crippen molar-refractivity contribution < 1.29 is 14.3 Å². The summed E-state index contributed by atoms with van der Waals surface area (Å²) in [5, 5.41) is 3.02. The lowest BCUT2D eigenvalue weighted by atomic mass is 10.0. The number of halogens is 1. The van der Waals surface area contributed by atoms with Crippen LogP contribution in [0.5, 0.6) is 5.75 Å². The normalized spacial score (nSPS) is 12.4. The molecule has 21 heavy (non-hydrogen) atoms. The summed E-state index contributed by atoms with van der Waals surface area (Å²) < 4.78 is 5.52. The van der Waals surface area contributed by atoms with Crippen LogP contribution in [0.3, 0.4) is 0 Å². The molecular formula is C16H22ClNO3. The van der Waals surface area contributed by atoms with Gasteiger partial charge in [-0.05, 0) is 44.9 Å². The van der Waals surface area contributed by atoms with Gasteiger partial charge in [-0.15, -0.1) is 0 Å². The highest BCUT2D eigenvalue weighted by atomic mass is 35.5. The monoisotopic (exact) mass is 311 g/mol. The Morgan fingerprint density at radius 2 is 1.81 bits per heavy atom. The van der Waals surface area contributed by atoms with E-state index >= 15 is 0 Å². The minimum atomic E-state index is -0.514. The number of Topliss-reactive ketones (excluding diaryl/α,β-unsaturated/α-hetero) is 1. The first-order chi connectivity index (χ1) is 9.72. The van der Waals surface area contributed by atoms with Crippen LogP contribution in [0.4, 0.5) is 0 Å². The minimum absolute atomic E-state index is 0.0220. The lowest BCUT2D eigenvalue weighted by Gasteiger charge is -2.20. The summed E-state index contributed by atoms with van der Waals surface area (Å²) in [6, 6.07) is 4.39. The zero-order valence-electron chi connectivity index (χ0n) is 13.1. The molecule has 0 unspecified atom stereocenters. The molecule has 0 fully saturated rings. The first-order valence-corrected chi connectivity index (χ1v) is 7.37. The van der Waals surface area contributed by atoms with Gasteiger partial charge < -0.3 is 10.1 Å². The fraction of sp³-hybridized carbons (Fsp3) is 0.500.